The molecule has 2 aliphatic heterocycles. The summed E-state index contributed by atoms with van der Waals surface area (Å²) >= 11 is 0. The molecule has 2 aromatic heterocycles. The summed E-state index contributed by atoms with van der Waals surface area (Å²) in [4.78, 5) is 5.30. The van der Waals surface area contributed by atoms with Crippen molar-refractivity contribution in [3.05, 3.63) is 259 Å². The van der Waals surface area contributed by atoms with E-state index >= 15 is 0 Å². The molecule has 3 aliphatic rings. The van der Waals surface area contributed by atoms with Crippen molar-refractivity contribution in [3.8, 4) is 55.6 Å². The lowest BCUT2D eigenvalue weighted by molar-refractivity contribution is 0.591. The van der Waals surface area contributed by atoms with E-state index in [9.17, 15) is 0 Å². The van der Waals surface area contributed by atoms with Crippen LogP contribution in [-0.2, 0) is 10.8 Å². The highest BCUT2D eigenvalue weighted by Gasteiger charge is 2.51. The van der Waals surface area contributed by atoms with Crippen molar-refractivity contribution in [1.29, 1.82) is 0 Å². The zero-order valence-corrected chi connectivity index (χ0v) is 46.4. The van der Waals surface area contributed by atoms with Gasteiger partial charge < -0.3 is 18.5 Å². The Labute approximate surface area is 477 Å². The molecule has 0 fully saturated rings. The van der Waals surface area contributed by atoms with Crippen molar-refractivity contribution < 1.29 is 8.83 Å². The fourth-order valence-corrected chi connectivity index (χ4v) is 14.4. The first kappa shape index (κ1) is 47.0. The number of hydrogen-bond acceptors (Lipinski definition) is 4. The largest absolute Gasteiger partial charge is 0.456 e. The van der Waals surface area contributed by atoms with Crippen molar-refractivity contribution in [2.24, 2.45) is 0 Å². The Morgan fingerprint density at radius 3 is 1.65 bits per heavy atom. The van der Waals surface area contributed by atoms with Gasteiger partial charge in [0.15, 0.2) is 0 Å². The van der Waals surface area contributed by atoms with Gasteiger partial charge in [-0.1, -0.05) is 211 Å². The molecule has 17 rings (SSSR count). The molecule has 0 radical (unpaired) electrons. The fraction of sp³-hybridized carbons (Fsp3) is 0.0909. The van der Waals surface area contributed by atoms with E-state index < -0.39 is 0 Å². The monoisotopic (exact) mass is 1050 g/mol. The van der Waals surface area contributed by atoms with E-state index in [0.29, 0.717) is 0 Å². The van der Waals surface area contributed by atoms with Gasteiger partial charge in [-0.15, -0.1) is 0 Å². The van der Waals surface area contributed by atoms with Crippen molar-refractivity contribution in [1.82, 2.24) is 0 Å². The van der Waals surface area contributed by atoms with E-state index in [4.69, 9.17) is 8.83 Å². The topological polar surface area (TPSA) is 32.8 Å². The minimum Gasteiger partial charge on any atom is -0.456 e. The molecular weight excluding hydrogens is 996 g/mol. The third-order valence-electron chi connectivity index (χ3n) is 18.3. The van der Waals surface area contributed by atoms with Crippen molar-refractivity contribution in [3.63, 3.8) is 0 Å². The molecule has 4 heterocycles. The van der Waals surface area contributed by atoms with Gasteiger partial charge in [-0.2, -0.15) is 0 Å². The Morgan fingerprint density at radius 1 is 0.402 bits per heavy atom. The van der Waals surface area contributed by atoms with Crippen molar-refractivity contribution in [2.75, 3.05) is 9.71 Å². The molecule has 12 aromatic carbocycles. The molecule has 0 unspecified atom stereocenters. The zero-order valence-electron chi connectivity index (χ0n) is 46.4. The smallest absolute Gasteiger partial charge is 0.333 e. The van der Waals surface area contributed by atoms with Crippen molar-refractivity contribution >= 4 is 101 Å². The second-order valence-electron chi connectivity index (χ2n) is 24.4. The predicted octanol–water partition coefficient (Wildman–Crippen LogP) is 20.0. The standard InChI is InChI=1S/C77H55BN2O2/c1-76(2,3)52-39-56(48-23-11-7-12-24-48)75(57(40-52)49-25-13-8-14-26-49)79-66-45-71-60(58-37-50-27-15-16-28-51(50)38-69(58)82-71)42-64(66)78-74-67(79)43-61-54-29-17-19-31-63(54)77(4,5)73(61)72(74)62-41-59-55-30-18-20-32-68(55)81-70(59)44-65(62)80(78)53-35-33-47(34-36-53)46-21-9-6-10-22-46/h6-45H,1-5H3. The van der Waals surface area contributed by atoms with Gasteiger partial charge in [-0.05, 0) is 137 Å². The molecule has 0 N–H and O–H groups in total. The average Bonchev–Trinajstić information content (AvgIpc) is 2.35. The van der Waals surface area contributed by atoms with E-state index in [1.54, 1.807) is 0 Å². The predicted molar refractivity (Wildman–Crippen MR) is 345 cm³/mol. The molecule has 0 spiro atoms. The van der Waals surface area contributed by atoms with Crippen LogP contribution in [0.5, 0.6) is 0 Å². The summed E-state index contributed by atoms with van der Waals surface area (Å²) in [6.07, 6.45) is 0. The van der Waals surface area contributed by atoms with Gasteiger partial charge in [0.25, 0.3) is 0 Å². The minimum absolute atomic E-state index is 0.161. The Balaban J connectivity index is 1.08. The number of para-hydroxylation sites is 1. The van der Waals surface area contributed by atoms with Gasteiger partial charge in [0, 0.05) is 78.5 Å². The van der Waals surface area contributed by atoms with Crippen LogP contribution in [0.25, 0.3) is 110 Å². The number of fused-ring (bicyclic) bond motifs is 15. The maximum atomic E-state index is 7.19. The van der Waals surface area contributed by atoms with E-state index in [1.165, 1.54) is 77.5 Å². The van der Waals surface area contributed by atoms with Crippen LogP contribution in [-0.4, -0.2) is 6.85 Å². The SMILES string of the molecule is CC(C)(C)c1cc(-c2ccccc2)c(N2c3cc4oc5cc6ccccc6cc5c4cc3B3c4c2cc2c(c4-c4cc5c(cc4N3c3ccc(-c4ccccc4)cc3)oc3ccccc35)C(C)(C)c3ccccc3-2)c(-c2ccccc2)c1. The average molecular weight is 1050 g/mol. The van der Waals surface area contributed by atoms with E-state index in [1.807, 2.05) is 0 Å². The van der Waals surface area contributed by atoms with Crippen LogP contribution in [0.1, 0.15) is 51.3 Å². The molecule has 1 aliphatic carbocycles. The van der Waals surface area contributed by atoms with E-state index in [0.717, 1.165) is 88.8 Å². The van der Waals surface area contributed by atoms with Crippen LogP contribution in [0.15, 0.2) is 251 Å². The first-order chi connectivity index (χ1) is 40.0. The lowest BCUT2D eigenvalue weighted by Crippen LogP contribution is -2.62. The summed E-state index contributed by atoms with van der Waals surface area (Å²) in [6, 6.07) is 90.2. The van der Waals surface area contributed by atoms with Crippen molar-refractivity contribution in [2.45, 2.75) is 45.4 Å². The Bertz CT molecular complexity index is 4930. The molecule has 14 aromatic rings. The van der Waals surface area contributed by atoms with Gasteiger partial charge in [-0.3, -0.25) is 0 Å². The Hall–Kier alpha value is -9.84. The molecular formula is C77H55BN2O2. The number of furan rings is 2. The number of anilines is 5. The highest BCUT2D eigenvalue weighted by atomic mass is 16.3. The van der Waals surface area contributed by atoms with Crippen LogP contribution in [0.4, 0.5) is 28.4 Å². The third kappa shape index (κ3) is 6.74. The van der Waals surface area contributed by atoms with Gasteiger partial charge in [-0.25, -0.2) is 0 Å². The summed E-state index contributed by atoms with van der Waals surface area (Å²) < 4.78 is 14.1. The quantitative estimate of drug-likeness (QED) is 0.161. The normalized spacial score (nSPS) is 13.9. The first-order valence-corrected chi connectivity index (χ1v) is 28.8. The summed E-state index contributed by atoms with van der Waals surface area (Å²) in [7, 11) is 0. The number of benzene rings is 12. The second-order valence-corrected chi connectivity index (χ2v) is 24.4. The third-order valence-corrected chi connectivity index (χ3v) is 18.3. The van der Waals surface area contributed by atoms with E-state index in [-0.39, 0.29) is 17.7 Å². The molecule has 0 saturated carbocycles. The first-order valence-electron chi connectivity index (χ1n) is 28.8. The molecule has 0 bridgehead atoms. The van der Waals surface area contributed by atoms with Crippen LogP contribution in [0.2, 0.25) is 0 Å². The molecule has 4 nitrogen and oxygen atoms in total. The molecule has 388 valence electrons. The van der Waals surface area contributed by atoms with Gasteiger partial charge in [0.05, 0.1) is 5.69 Å². The summed E-state index contributed by atoms with van der Waals surface area (Å²) in [5.74, 6) is 0. The lowest BCUT2D eigenvalue weighted by atomic mass is 9.42. The van der Waals surface area contributed by atoms with Crippen LogP contribution >= 0.6 is 0 Å². The summed E-state index contributed by atoms with van der Waals surface area (Å²) in [6.45, 7) is 11.6. The zero-order chi connectivity index (χ0) is 54.8. The van der Waals surface area contributed by atoms with Gasteiger partial charge in [0.1, 0.15) is 22.3 Å². The Kier molecular flexibility index (Phi) is 9.80. The molecule has 0 amide bonds. The fourth-order valence-electron chi connectivity index (χ4n) is 14.4. The second kappa shape index (κ2) is 17.1. The number of rotatable bonds is 5. The molecule has 5 heteroatoms. The van der Waals surface area contributed by atoms with Gasteiger partial charge >= 0.3 is 6.85 Å². The minimum atomic E-state index is -0.360. The number of hydrogen-bond donors (Lipinski definition) is 0. The van der Waals surface area contributed by atoms with Crippen LogP contribution < -0.4 is 20.6 Å². The molecule has 0 atom stereocenters. The van der Waals surface area contributed by atoms with Crippen LogP contribution in [0.3, 0.4) is 0 Å². The maximum absolute atomic E-state index is 7.19. The maximum Gasteiger partial charge on any atom is 0.333 e. The highest BCUT2D eigenvalue weighted by Crippen LogP contribution is 2.60. The molecule has 82 heavy (non-hydrogen) atoms. The van der Waals surface area contributed by atoms with Gasteiger partial charge in [0.2, 0.25) is 0 Å². The molecule has 0 saturated heterocycles. The Morgan fingerprint density at radius 2 is 0.951 bits per heavy atom. The highest BCUT2D eigenvalue weighted by molar-refractivity contribution is 6.94. The summed E-state index contributed by atoms with van der Waals surface area (Å²) in [5.41, 5.74) is 26.9. The van der Waals surface area contributed by atoms with E-state index in [2.05, 4.69) is 287 Å². The summed E-state index contributed by atoms with van der Waals surface area (Å²) in [5, 5.41) is 6.74. The van der Waals surface area contributed by atoms with Crippen LogP contribution in [0, 0.1) is 0 Å². The number of nitrogens with zero attached hydrogens (tertiary/aromatic N) is 2. The lowest BCUT2D eigenvalue weighted by Gasteiger charge is -2.47.